The first-order chi connectivity index (χ1) is 19.8. The lowest BCUT2D eigenvalue weighted by molar-refractivity contribution is -0.216. The maximum atomic E-state index is 7.81. The molecule has 46 heavy (non-hydrogen) atoms. The molecule has 0 aliphatic heterocycles. The summed E-state index contributed by atoms with van der Waals surface area (Å²) in [5.41, 5.74) is -1.21. The monoisotopic (exact) mass is 812 g/mol. The Balaban J connectivity index is 5.22. The average molecular weight is 814 g/mol. The van der Waals surface area contributed by atoms with Gasteiger partial charge in [-0.15, -0.1) is 4.82 Å². The minimum Gasteiger partial charge on any atom is -0.542 e. The lowest BCUT2D eigenvalue weighted by Crippen LogP contribution is -2.72. The lowest BCUT2D eigenvalue weighted by atomic mass is 9.83. The summed E-state index contributed by atoms with van der Waals surface area (Å²) < 4.78 is 52.5. The van der Waals surface area contributed by atoms with Gasteiger partial charge in [-0.25, -0.2) is 0 Å². The third-order valence-electron chi connectivity index (χ3n) is 5.97. The van der Waals surface area contributed by atoms with Crippen molar-refractivity contribution < 1.29 is 31.0 Å². The van der Waals surface area contributed by atoms with Gasteiger partial charge in [0.15, 0.2) is 53.6 Å². The summed E-state index contributed by atoms with van der Waals surface area (Å²) in [5.74, 6) is 1.09. The van der Waals surface area contributed by atoms with E-state index >= 15 is 0 Å². The number of hydrogen-bond donors (Lipinski definition) is 0. The van der Waals surface area contributed by atoms with Crippen LogP contribution in [0.15, 0.2) is 33.1 Å². The molecule has 0 radical (unpaired) electrons. The fourth-order valence-corrected chi connectivity index (χ4v) is 13.5. The first kappa shape index (κ1) is 44.5. The van der Waals surface area contributed by atoms with Gasteiger partial charge in [-0.05, 0) is 137 Å². The van der Waals surface area contributed by atoms with Crippen molar-refractivity contribution >= 4 is 88.9 Å². The second-order valence-corrected chi connectivity index (χ2v) is 56.7. The Kier molecular flexibility index (Phi) is 13.8. The molecule has 17 heteroatoms. The molecule has 1 aliphatic rings. The summed E-state index contributed by atoms with van der Waals surface area (Å²) in [5, 5.41) is 1.25. The van der Waals surface area contributed by atoms with Crippen LogP contribution in [0.2, 0.25) is 137 Å². The Morgan fingerprint density at radius 2 is 0.674 bits per heavy atom. The predicted octanol–water partition coefficient (Wildman–Crippen LogP) is 6.08. The van der Waals surface area contributed by atoms with Crippen molar-refractivity contribution in [3.05, 3.63) is 33.1 Å². The van der Waals surface area contributed by atoms with E-state index in [1.807, 2.05) is 0 Å². The molecule has 0 saturated heterocycles. The van der Waals surface area contributed by atoms with E-state index in [9.17, 15) is 0 Å². The highest BCUT2D eigenvalue weighted by atomic mass is 28.4. The number of hydrogen-bond acceptors (Lipinski definition) is 7. The normalized spacial score (nSPS) is 20.7. The van der Waals surface area contributed by atoms with E-state index in [0.717, 1.165) is 30.7 Å². The van der Waals surface area contributed by atoms with Gasteiger partial charge in [0.25, 0.3) is 5.79 Å². The number of rotatable bonds is 15. The SMILES string of the molecule is C[Si](C)(C)OC1=C(O[Si](C)(C)C)C(O[Si](C)(C)C)(O[Si](C)(C)C)C(O[Si](C)(C)C)(C([SiH3])=C([SiH3])[SiH3])C(O[Si](C)(C)C)=C1O[Si](C)(C)C. The van der Waals surface area contributed by atoms with E-state index in [0.29, 0.717) is 23.0 Å². The molecule has 7 nitrogen and oxygen atoms in total. The predicted molar refractivity (Wildman–Crippen MR) is 227 cm³/mol. The Bertz CT molecular complexity index is 1180. The van der Waals surface area contributed by atoms with Crippen molar-refractivity contribution in [2.45, 2.75) is 149 Å². The first-order valence-corrected chi connectivity index (χ1v) is 43.7. The molecule has 1 atom stereocenters. The molecular formula is C29H72O7Si10. The van der Waals surface area contributed by atoms with Crippen molar-refractivity contribution in [3.8, 4) is 0 Å². The van der Waals surface area contributed by atoms with Crippen molar-refractivity contribution in [1.29, 1.82) is 0 Å². The van der Waals surface area contributed by atoms with Gasteiger partial charge in [0.05, 0.1) is 0 Å². The fraction of sp³-hybridized carbons (Fsp3) is 0.793. The maximum Gasteiger partial charge on any atom is 0.252 e. The second-order valence-electron chi connectivity index (χ2n) is 19.7. The molecule has 0 N–H and O–H groups in total. The first-order valence-electron chi connectivity index (χ1n) is 16.9. The summed E-state index contributed by atoms with van der Waals surface area (Å²) in [6, 6.07) is 0. The highest BCUT2D eigenvalue weighted by Gasteiger charge is 2.71. The zero-order chi connectivity index (χ0) is 36.9. The van der Waals surface area contributed by atoms with Crippen LogP contribution in [0.3, 0.4) is 0 Å². The maximum absolute atomic E-state index is 7.81. The van der Waals surface area contributed by atoms with Crippen molar-refractivity contribution in [3.63, 3.8) is 0 Å². The second kappa shape index (κ2) is 14.2. The molecule has 0 aromatic rings. The average Bonchev–Trinajstić information content (AvgIpc) is 2.69. The van der Waals surface area contributed by atoms with Crippen molar-refractivity contribution in [2.24, 2.45) is 0 Å². The van der Waals surface area contributed by atoms with Gasteiger partial charge >= 0.3 is 0 Å². The molecule has 1 rings (SSSR count). The van der Waals surface area contributed by atoms with E-state index in [1.54, 1.807) is 0 Å². The quantitative estimate of drug-likeness (QED) is 0.147. The van der Waals surface area contributed by atoms with E-state index in [-0.39, 0.29) is 0 Å². The van der Waals surface area contributed by atoms with Crippen molar-refractivity contribution in [1.82, 2.24) is 0 Å². The molecule has 0 spiro atoms. The molecule has 0 aromatic heterocycles. The molecule has 0 aromatic carbocycles. The van der Waals surface area contributed by atoms with Crippen LogP contribution in [-0.2, 0) is 31.0 Å². The van der Waals surface area contributed by atoms with Gasteiger partial charge in [-0.3, -0.25) is 0 Å². The zero-order valence-electron chi connectivity index (χ0n) is 34.4. The summed E-state index contributed by atoms with van der Waals surface area (Å²) in [4.78, 5) is 1.44. The Morgan fingerprint density at radius 3 is 0.935 bits per heavy atom. The van der Waals surface area contributed by atoms with Gasteiger partial charge in [-0.1, -0.05) is 5.20 Å². The minimum absolute atomic E-state index is 0.598. The minimum atomic E-state index is -2.42. The molecule has 0 heterocycles. The topological polar surface area (TPSA) is 64.6 Å². The molecular weight excluding hydrogens is 741 g/mol. The van der Waals surface area contributed by atoms with Crippen LogP contribution < -0.4 is 0 Å². The van der Waals surface area contributed by atoms with Crippen LogP contribution in [0.5, 0.6) is 0 Å². The van der Waals surface area contributed by atoms with Gasteiger partial charge < -0.3 is 31.0 Å². The van der Waals surface area contributed by atoms with Gasteiger partial charge in [0.1, 0.15) is 0 Å². The Morgan fingerprint density at radius 1 is 0.391 bits per heavy atom. The third kappa shape index (κ3) is 12.7. The summed E-state index contributed by atoms with van der Waals surface area (Å²) in [6.45, 7) is 46.9. The van der Waals surface area contributed by atoms with E-state index in [1.165, 1.54) is 10.0 Å². The molecule has 1 unspecified atom stereocenters. The molecule has 0 amide bonds. The third-order valence-corrected chi connectivity index (χ3v) is 17.2. The van der Waals surface area contributed by atoms with Gasteiger partial charge in [-0.2, -0.15) is 0 Å². The summed E-state index contributed by atoms with van der Waals surface area (Å²) in [6.07, 6.45) is 0. The summed E-state index contributed by atoms with van der Waals surface area (Å²) >= 11 is 0. The van der Waals surface area contributed by atoms with Crippen molar-refractivity contribution in [2.75, 3.05) is 0 Å². The smallest absolute Gasteiger partial charge is 0.252 e. The Hall–Kier alpha value is 0.469. The molecule has 0 saturated carbocycles. The van der Waals surface area contributed by atoms with Crippen LogP contribution in [-0.4, -0.2) is 100 Å². The van der Waals surface area contributed by atoms with Crippen LogP contribution in [0.25, 0.3) is 0 Å². The largest absolute Gasteiger partial charge is 0.542 e. The fourth-order valence-electron chi connectivity index (χ4n) is 5.00. The molecule has 1 aliphatic carbocycles. The lowest BCUT2D eigenvalue weighted by Gasteiger charge is -2.60. The standard InChI is InChI=1S/C29H72O7Si10/c1-40(2,3)30-22-23(31-41(4,5)6)25(33-43(10,11)12)29(35-45(16,17)18,36-46(19,20)21)28(26(37)27(38)39,34-44(13,14)15)24(22)32-42(7,8)9/h1-21,37-39H3. The van der Waals surface area contributed by atoms with Crippen LogP contribution in [0, 0.1) is 0 Å². The molecule has 0 fully saturated rings. The summed E-state index contributed by atoms with van der Waals surface area (Å²) in [7, 11) is -13.8. The zero-order valence-corrected chi connectivity index (χ0v) is 47.4. The van der Waals surface area contributed by atoms with Crippen LogP contribution >= 0.6 is 0 Å². The highest BCUT2D eigenvalue weighted by Crippen LogP contribution is 2.58. The van der Waals surface area contributed by atoms with Gasteiger partial charge in [0.2, 0.25) is 33.3 Å². The highest BCUT2D eigenvalue weighted by molar-refractivity contribution is 6.73. The van der Waals surface area contributed by atoms with E-state index in [4.69, 9.17) is 31.0 Å². The van der Waals surface area contributed by atoms with Crippen LogP contribution in [0.4, 0.5) is 0 Å². The van der Waals surface area contributed by atoms with Crippen LogP contribution in [0.1, 0.15) is 0 Å². The molecule has 0 bridgehead atoms. The van der Waals surface area contributed by atoms with E-state index < -0.39 is 69.6 Å². The van der Waals surface area contributed by atoms with Gasteiger partial charge in [0, 0.05) is 30.7 Å². The molecule has 270 valence electrons. The Labute approximate surface area is 300 Å². The van der Waals surface area contributed by atoms with E-state index in [2.05, 4.69) is 137 Å².